The smallest absolute Gasteiger partial charge is 0.184 e. The number of rotatable bonds is 5. The van der Waals surface area contributed by atoms with Crippen LogP contribution >= 0.6 is 0 Å². The first kappa shape index (κ1) is 11.1. The van der Waals surface area contributed by atoms with Crippen molar-refractivity contribution >= 4 is 5.71 Å². The minimum absolute atomic E-state index is 0.297. The number of nitrogens with one attached hydrogen (secondary N) is 2. The van der Waals surface area contributed by atoms with Gasteiger partial charge < -0.3 is 20.6 Å². The van der Waals surface area contributed by atoms with E-state index in [1.807, 2.05) is 0 Å². The third-order valence-electron chi connectivity index (χ3n) is 1.32. The standard InChI is InChI=1S/C8H16N2O2/c1-4-12-8(11)7(5-10-3)6(2)9/h5,8-11H,4H2,1-3H3/b7-5+,9-6?. The Labute approximate surface area is 72.7 Å². The van der Waals surface area contributed by atoms with E-state index in [0.717, 1.165) is 0 Å². The van der Waals surface area contributed by atoms with Crippen molar-refractivity contribution in [2.45, 2.75) is 20.1 Å². The summed E-state index contributed by atoms with van der Waals surface area (Å²) in [7, 11) is 1.71. The van der Waals surface area contributed by atoms with E-state index in [9.17, 15) is 5.11 Å². The van der Waals surface area contributed by atoms with Crippen LogP contribution in [0.3, 0.4) is 0 Å². The van der Waals surface area contributed by atoms with Crippen LogP contribution in [-0.2, 0) is 4.74 Å². The molecule has 0 saturated carbocycles. The summed E-state index contributed by atoms with van der Waals surface area (Å²) in [6, 6.07) is 0. The van der Waals surface area contributed by atoms with Crippen molar-refractivity contribution in [3.8, 4) is 0 Å². The zero-order valence-corrected chi connectivity index (χ0v) is 7.72. The first-order valence-electron chi connectivity index (χ1n) is 3.86. The lowest BCUT2D eigenvalue weighted by atomic mass is 10.2. The van der Waals surface area contributed by atoms with Gasteiger partial charge in [-0.1, -0.05) is 0 Å². The number of hydrogen-bond acceptors (Lipinski definition) is 4. The Hall–Kier alpha value is -0.870. The maximum absolute atomic E-state index is 9.34. The molecule has 0 aromatic carbocycles. The van der Waals surface area contributed by atoms with Crippen molar-refractivity contribution in [1.82, 2.24) is 5.32 Å². The van der Waals surface area contributed by atoms with Crippen LogP contribution in [0, 0.1) is 5.41 Å². The second-order valence-electron chi connectivity index (χ2n) is 2.32. The maximum atomic E-state index is 9.34. The molecule has 0 heterocycles. The first-order chi connectivity index (χ1) is 5.63. The Bertz CT molecular complexity index is 178. The van der Waals surface area contributed by atoms with Crippen LogP contribution in [0.15, 0.2) is 11.8 Å². The van der Waals surface area contributed by atoms with Crippen LogP contribution in [0.4, 0.5) is 0 Å². The molecule has 70 valence electrons. The highest BCUT2D eigenvalue weighted by Crippen LogP contribution is 2.04. The van der Waals surface area contributed by atoms with Crippen LogP contribution in [0.2, 0.25) is 0 Å². The van der Waals surface area contributed by atoms with Crippen LogP contribution in [0.1, 0.15) is 13.8 Å². The molecule has 4 nitrogen and oxygen atoms in total. The summed E-state index contributed by atoms with van der Waals surface area (Å²) >= 11 is 0. The van der Waals surface area contributed by atoms with Gasteiger partial charge in [-0.25, -0.2) is 0 Å². The molecule has 0 amide bonds. The molecule has 4 heteroatoms. The molecular weight excluding hydrogens is 156 g/mol. The topological polar surface area (TPSA) is 65.3 Å². The second-order valence-corrected chi connectivity index (χ2v) is 2.32. The highest BCUT2D eigenvalue weighted by molar-refractivity contribution is 5.96. The molecule has 1 atom stereocenters. The third kappa shape index (κ3) is 3.50. The van der Waals surface area contributed by atoms with E-state index in [-0.39, 0.29) is 0 Å². The van der Waals surface area contributed by atoms with Crippen LogP contribution < -0.4 is 5.32 Å². The molecule has 0 saturated heterocycles. The van der Waals surface area contributed by atoms with Gasteiger partial charge in [-0.2, -0.15) is 0 Å². The molecule has 0 aliphatic carbocycles. The fraction of sp³-hybridized carbons (Fsp3) is 0.625. The quantitative estimate of drug-likeness (QED) is 0.417. The van der Waals surface area contributed by atoms with E-state index in [0.29, 0.717) is 17.9 Å². The van der Waals surface area contributed by atoms with E-state index in [1.54, 1.807) is 27.1 Å². The molecule has 0 aromatic rings. The van der Waals surface area contributed by atoms with E-state index in [4.69, 9.17) is 10.1 Å². The Morgan fingerprint density at radius 1 is 1.75 bits per heavy atom. The number of aliphatic hydroxyl groups excluding tert-OH is 1. The Kier molecular flexibility index (Phi) is 5.32. The van der Waals surface area contributed by atoms with Gasteiger partial charge in [0.1, 0.15) is 0 Å². The van der Waals surface area contributed by atoms with Gasteiger partial charge in [0.25, 0.3) is 0 Å². The van der Waals surface area contributed by atoms with Gasteiger partial charge in [-0.05, 0) is 13.8 Å². The van der Waals surface area contributed by atoms with Crippen molar-refractivity contribution in [2.24, 2.45) is 0 Å². The van der Waals surface area contributed by atoms with E-state index in [1.165, 1.54) is 0 Å². The Balaban J connectivity index is 4.30. The molecule has 0 bridgehead atoms. The molecule has 0 spiro atoms. The zero-order valence-electron chi connectivity index (χ0n) is 7.72. The molecule has 0 rings (SSSR count). The van der Waals surface area contributed by atoms with Crippen molar-refractivity contribution in [2.75, 3.05) is 13.7 Å². The SMILES string of the molecule is CCOC(O)/C(=C/NC)C(C)=N. The summed E-state index contributed by atoms with van der Waals surface area (Å²) in [5, 5.41) is 19.4. The fourth-order valence-electron chi connectivity index (χ4n) is 0.768. The zero-order chi connectivity index (χ0) is 9.56. The molecule has 1 unspecified atom stereocenters. The van der Waals surface area contributed by atoms with E-state index >= 15 is 0 Å². The number of hydrogen-bond donors (Lipinski definition) is 3. The van der Waals surface area contributed by atoms with Gasteiger partial charge in [0.05, 0.1) is 0 Å². The van der Waals surface area contributed by atoms with E-state index in [2.05, 4.69) is 5.32 Å². The largest absolute Gasteiger partial charge is 0.394 e. The van der Waals surface area contributed by atoms with Gasteiger partial charge in [0.2, 0.25) is 0 Å². The summed E-state index contributed by atoms with van der Waals surface area (Å²) < 4.78 is 4.92. The normalized spacial score (nSPS) is 14.2. The van der Waals surface area contributed by atoms with Gasteiger partial charge in [0.15, 0.2) is 6.29 Å². The number of aliphatic hydroxyl groups is 1. The molecule has 3 N–H and O–H groups in total. The minimum Gasteiger partial charge on any atom is -0.394 e. The highest BCUT2D eigenvalue weighted by atomic mass is 16.6. The van der Waals surface area contributed by atoms with Crippen LogP contribution in [0.25, 0.3) is 0 Å². The summed E-state index contributed by atoms with van der Waals surface area (Å²) in [5.41, 5.74) is 0.754. The number of ether oxygens (including phenoxy) is 1. The summed E-state index contributed by atoms with van der Waals surface area (Å²) in [4.78, 5) is 0. The van der Waals surface area contributed by atoms with Gasteiger partial charge in [-0.15, -0.1) is 0 Å². The lowest BCUT2D eigenvalue weighted by Crippen LogP contribution is -2.21. The molecule has 12 heavy (non-hydrogen) atoms. The van der Waals surface area contributed by atoms with Crippen LogP contribution in [0.5, 0.6) is 0 Å². The van der Waals surface area contributed by atoms with Gasteiger partial charge in [0, 0.05) is 31.1 Å². The minimum atomic E-state index is -1.00. The fourth-order valence-corrected chi connectivity index (χ4v) is 0.768. The molecule has 0 radical (unpaired) electrons. The van der Waals surface area contributed by atoms with E-state index < -0.39 is 6.29 Å². The molecular formula is C8H16N2O2. The highest BCUT2D eigenvalue weighted by Gasteiger charge is 2.11. The summed E-state index contributed by atoms with van der Waals surface area (Å²) in [5.74, 6) is 0. The Morgan fingerprint density at radius 2 is 2.33 bits per heavy atom. The van der Waals surface area contributed by atoms with Gasteiger partial charge in [-0.3, -0.25) is 0 Å². The van der Waals surface area contributed by atoms with Crippen molar-refractivity contribution in [1.29, 1.82) is 5.41 Å². The second kappa shape index (κ2) is 5.74. The molecule has 0 aliphatic heterocycles. The summed E-state index contributed by atoms with van der Waals surface area (Å²) in [6.45, 7) is 3.82. The van der Waals surface area contributed by atoms with Crippen LogP contribution in [-0.4, -0.2) is 30.8 Å². The third-order valence-corrected chi connectivity index (χ3v) is 1.32. The maximum Gasteiger partial charge on any atom is 0.184 e. The first-order valence-corrected chi connectivity index (χ1v) is 3.86. The molecule has 0 aromatic heterocycles. The predicted octanol–water partition coefficient (Wildman–Crippen LogP) is 0.484. The Morgan fingerprint density at radius 3 is 2.67 bits per heavy atom. The van der Waals surface area contributed by atoms with Crippen molar-refractivity contribution in [3.05, 3.63) is 11.8 Å². The lowest BCUT2D eigenvalue weighted by molar-refractivity contribution is -0.0634. The molecule has 0 aliphatic rings. The molecule has 0 fully saturated rings. The van der Waals surface area contributed by atoms with Gasteiger partial charge >= 0.3 is 0 Å². The summed E-state index contributed by atoms with van der Waals surface area (Å²) in [6.07, 6.45) is 0.558. The average Bonchev–Trinajstić information content (AvgIpc) is 1.99. The lowest BCUT2D eigenvalue weighted by Gasteiger charge is -2.13. The van der Waals surface area contributed by atoms with Crippen molar-refractivity contribution in [3.63, 3.8) is 0 Å². The predicted molar refractivity (Wildman–Crippen MR) is 48.2 cm³/mol. The monoisotopic (exact) mass is 172 g/mol. The van der Waals surface area contributed by atoms with Crippen molar-refractivity contribution < 1.29 is 9.84 Å². The average molecular weight is 172 g/mol.